The highest BCUT2D eigenvalue weighted by atomic mass is 32.1. The van der Waals surface area contributed by atoms with Crippen LogP contribution in [0.3, 0.4) is 0 Å². The Kier molecular flexibility index (Phi) is 3.84. The van der Waals surface area contributed by atoms with E-state index < -0.39 is 0 Å². The Hall–Kier alpha value is -0.950. The van der Waals surface area contributed by atoms with E-state index >= 15 is 0 Å². The van der Waals surface area contributed by atoms with Crippen LogP contribution >= 0.6 is 12.6 Å². The zero-order valence-corrected chi connectivity index (χ0v) is 8.88. The van der Waals surface area contributed by atoms with Crippen LogP contribution in [0.15, 0.2) is 41.3 Å². The van der Waals surface area contributed by atoms with E-state index in [9.17, 15) is 0 Å². The number of thiol groups is 1. The van der Waals surface area contributed by atoms with E-state index in [4.69, 9.17) is 0 Å². The van der Waals surface area contributed by atoms with Crippen LogP contribution in [0.4, 0.5) is 0 Å². The fourth-order valence-electron chi connectivity index (χ4n) is 1.05. The molecule has 1 heteroatoms. The zero-order valence-electron chi connectivity index (χ0n) is 7.99. The molecule has 1 aromatic rings. The molecule has 0 N–H and O–H groups in total. The van der Waals surface area contributed by atoms with Crippen LogP contribution in [0.1, 0.15) is 18.1 Å². The van der Waals surface area contributed by atoms with Crippen molar-refractivity contribution in [3.63, 3.8) is 0 Å². The minimum Gasteiger partial charge on any atom is -0.144 e. The van der Waals surface area contributed by atoms with Crippen LogP contribution in [0, 0.1) is 6.92 Å². The number of benzene rings is 1. The minimum atomic E-state index is 0.989. The van der Waals surface area contributed by atoms with Crippen molar-refractivity contribution in [2.75, 3.05) is 0 Å². The Morgan fingerprint density at radius 2 is 2.00 bits per heavy atom. The van der Waals surface area contributed by atoms with Gasteiger partial charge in [0.1, 0.15) is 0 Å². The summed E-state index contributed by atoms with van der Waals surface area (Å²) in [6.45, 7) is 4.08. The maximum Gasteiger partial charge on any atom is -0.000257 e. The van der Waals surface area contributed by atoms with Crippen molar-refractivity contribution in [1.82, 2.24) is 0 Å². The predicted octanol–water partition coefficient (Wildman–Crippen LogP) is 3.84. The summed E-state index contributed by atoms with van der Waals surface area (Å²) in [4.78, 5) is 0.989. The Balaban J connectivity index is 2.86. The summed E-state index contributed by atoms with van der Waals surface area (Å²) in [6.07, 6.45) is 6.06. The third kappa shape index (κ3) is 3.11. The van der Waals surface area contributed by atoms with E-state index in [0.717, 1.165) is 4.91 Å². The molecule has 0 aromatic heterocycles. The van der Waals surface area contributed by atoms with Crippen molar-refractivity contribution in [2.24, 2.45) is 0 Å². The molecule has 0 spiro atoms. The van der Waals surface area contributed by atoms with E-state index in [1.165, 1.54) is 11.1 Å². The summed E-state index contributed by atoms with van der Waals surface area (Å²) in [5.74, 6) is 0. The summed E-state index contributed by atoms with van der Waals surface area (Å²) >= 11 is 4.27. The van der Waals surface area contributed by atoms with Crippen LogP contribution in [0.25, 0.3) is 6.08 Å². The molecule has 0 aliphatic rings. The van der Waals surface area contributed by atoms with Crippen molar-refractivity contribution in [1.29, 1.82) is 0 Å². The van der Waals surface area contributed by atoms with Gasteiger partial charge in [-0.25, -0.2) is 0 Å². The lowest BCUT2D eigenvalue weighted by atomic mass is 10.1. The van der Waals surface area contributed by atoms with Gasteiger partial charge < -0.3 is 0 Å². The molecule has 0 unspecified atom stereocenters. The van der Waals surface area contributed by atoms with Crippen molar-refractivity contribution in [3.05, 3.63) is 52.4 Å². The molecule has 0 saturated carbocycles. The highest BCUT2D eigenvalue weighted by molar-refractivity contribution is 7.84. The van der Waals surface area contributed by atoms with Gasteiger partial charge in [0.15, 0.2) is 0 Å². The molecule has 0 aliphatic heterocycles. The third-order valence-corrected chi connectivity index (χ3v) is 2.33. The number of rotatable bonds is 2. The SMILES string of the molecule is C/C=C(S)\C=C/c1ccccc1C. The van der Waals surface area contributed by atoms with Gasteiger partial charge in [-0.1, -0.05) is 36.4 Å². The van der Waals surface area contributed by atoms with Crippen LogP contribution in [0.2, 0.25) is 0 Å². The molecule has 13 heavy (non-hydrogen) atoms. The van der Waals surface area contributed by atoms with E-state index in [0.29, 0.717) is 0 Å². The van der Waals surface area contributed by atoms with Crippen LogP contribution < -0.4 is 0 Å². The first-order valence-corrected chi connectivity index (χ1v) is 4.77. The van der Waals surface area contributed by atoms with Crippen molar-refractivity contribution < 1.29 is 0 Å². The first-order valence-electron chi connectivity index (χ1n) is 4.33. The van der Waals surface area contributed by atoms with Gasteiger partial charge in [-0.05, 0) is 36.0 Å². The summed E-state index contributed by atoms with van der Waals surface area (Å²) in [5.41, 5.74) is 2.53. The third-order valence-electron chi connectivity index (χ3n) is 1.92. The van der Waals surface area contributed by atoms with Crippen LogP contribution in [-0.4, -0.2) is 0 Å². The van der Waals surface area contributed by atoms with Gasteiger partial charge >= 0.3 is 0 Å². The average Bonchev–Trinajstić information content (AvgIpc) is 2.16. The Labute approximate surface area is 85.4 Å². The molecule has 0 radical (unpaired) electrons. The van der Waals surface area contributed by atoms with E-state index in [1.54, 1.807) is 0 Å². The first kappa shape index (κ1) is 10.1. The van der Waals surface area contributed by atoms with Gasteiger partial charge in [0.2, 0.25) is 0 Å². The summed E-state index contributed by atoms with van der Waals surface area (Å²) < 4.78 is 0. The second-order valence-corrected chi connectivity index (χ2v) is 3.42. The summed E-state index contributed by atoms with van der Waals surface area (Å²) in [6, 6.07) is 8.29. The van der Waals surface area contributed by atoms with Crippen LogP contribution in [0.5, 0.6) is 0 Å². The first-order chi connectivity index (χ1) is 6.24. The summed E-state index contributed by atoms with van der Waals surface area (Å²) in [7, 11) is 0. The largest absolute Gasteiger partial charge is 0.144 e. The number of aryl methyl sites for hydroxylation is 1. The van der Waals surface area contributed by atoms with Gasteiger partial charge in [-0.2, -0.15) is 0 Å². The molecule has 0 saturated heterocycles. The number of hydrogen-bond donors (Lipinski definition) is 1. The van der Waals surface area contributed by atoms with Gasteiger partial charge in [-0.3, -0.25) is 0 Å². The fraction of sp³-hybridized carbons (Fsp3) is 0.167. The molecule has 0 atom stereocenters. The number of allylic oxidation sites excluding steroid dienone is 2. The molecule has 0 fully saturated rings. The van der Waals surface area contributed by atoms with E-state index in [1.807, 2.05) is 31.2 Å². The molecule has 0 aliphatic carbocycles. The van der Waals surface area contributed by atoms with Gasteiger partial charge in [-0.15, -0.1) is 12.6 Å². The zero-order chi connectivity index (χ0) is 9.68. The second-order valence-electron chi connectivity index (χ2n) is 2.90. The Morgan fingerprint density at radius 1 is 1.31 bits per heavy atom. The highest BCUT2D eigenvalue weighted by Crippen LogP contribution is 2.11. The molecule has 0 bridgehead atoms. The normalized spacial score (nSPS) is 12.4. The molecular weight excluding hydrogens is 176 g/mol. The minimum absolute atomic E-state index is 0.989. The second kappa shape index (κ2) is 4.93. The smallest absolute Gasteiger partial charge is 0.000257 e. The van der Waals surface area contributed by atoms with Crippen LogP contribution in [-0.2, 0) is 0 Å². The molecule has 0 heterocycles. The van der Waals surface area contributed by atoms with Crippen molar-refractivity contribution >= 4 is 18.7 Å². The van der Waals surface area contributed by atoms with Gasteiger partial charge in [0.05, 0.1) is 0 Å². The maximum atomic E-state index is 4.27. The van der Waals surface area contributed by atoms with Crippen molar-refractivity contribution in [2.45, 2.75) is 13.8 Å². The lowest BCUT2D eigenvalue weighted by molar-refractivity contribution is 1.44. The molecule has 68 valence electrons. The standard InChI is InChI=1S/C12H14S/c1-3-12(13)9-8-11-7-5-4-6-10(11)2/h3-9,13H,1-2H3/b9-8-,12-3+. The molecule has 0 amide bonds. The average molecular weight is 190 g/mol. The molecule has 0 nitrogen and oxygen atoms in total. The van der Waals surface area contributed by atoms with Crippen molar-refractivity contribution in [3.8, 4) is 0 Å². The Bertz CT molecular complexity index is 335. The quantitative estimate of drug-likeness (QED) is 0.531. The molecule has 1 rings (SSSR count). The van der Waals surface area contributed by atoms with E-state index in [2.05, 4.69) is 37.8 Å². The highest BCUT2D eigenvalue weighted by Gasteiger charge is 1.90. The maximum absolute atomic E-state index is 4.27. The number of hydrogen-bond acceptors (Lipinski definition) is 1. The monoisotopic (exact) mass is 190 g/mol. The predicted molar refractivity (Wildman–Crippen MR) is 63.0 cm³/mol. The fourth-order valence-corrected chi connectivity index (χ4v) is 1.12. The molecular formula is C12H14S. The van der Waals surface area contributed by atoms with E-state index in [-0.39, 0.29) is 0 Å². The lowest BCUT2D eigenvalue weighted by Crippen LogP contribution is -1.77. The van der Waals surface area contributed by atoms with Gasteiger partial charge in [0, 0.05) is 0 Å². The summed E-state index contributed by atoms with van der Waals surface area (Å²) in [5, 5.41) is 0. The lowest BCUT2D eigenvalue weighted by Gasteiger charge is -1.97. The molecule has 1 aromatic carbocycles. The Morgan fingerprint density at radius 3 is 2.62 bits per heavy atom. The topological polar surface area (TPSA) is 0 Å². The van der Waals surface area contributed by atoms with Gasteiger partial charge in [0.25, 0.3) is 0 Å².